The highest BCUT2D eigenvalue weighted by atomic mass is 35.5. The second kappa shape index (κ2) is 8.51. The molecule has 2 N–H and O–H groups in total. The zero-order valence-electron chi connectivity index (χ0n) is 16.0. The zero-order chi connectivity index (χ0) is 21.5. The molecule has 3 aromatic rings. The van der Waals surface area contributed by atoms with Gasteiger partial charge >= 0.3 is 0 Å². The second-order valence-electron chi connectivity index (χ2n) is 7.84. The van der Waals surface area contributed by atoms with Gasteiger partial charge in [0.25, 0.3) is 0 Å². The molecule has 0 aliphatic heterocycles. The van der Waals surface area contributed by atoms with E-state index in [9.17, 15) is 10.2 Å². The average molecular weight is 482 g/mol. The van der Waals surface area contributed by atoms with Crippen LogP contribution in [0.1, 0.15) is 48.3 Å². The first-order valence-corrected chi connectivity index (χ1v) is 11.2. The Balaban J connectivity index is 1.81. The average Bonchev–Trinajstić information content (AvgIpc) is 2.75. The highest BCUT2D eigenvalue weighted by Gasteiger charge is 2.40. The number of rotatable bonds is 3. The van der Waals surface area contributed by atoms with Crippen LogP contribution in [-0.4, -0.2) is 10.2 Å². The van der Waals surface area contributed by atoms with Crippen LogP contribution in [0.4, 0.5) is 0 Å². The van der Waals surface area contributed by atoms with Crippen LogP contribution < -0.4 is 0 Å². The zero-order valence-corrected chi connectivity index (χ0v) is 19.0. The maximum absolute atomic E-state index is 10.1. The van der Waals surface area contributed by atoms with E-state index in [1.54, 1.807) is 24.3 Å². The normalized spacial score (nSPS) is 16.5. The predicted molar refractivity (Wildman–Crippen MR) is 125 cm³/mol. The summed E-state index contributed by atoms with van der Waals surface area (Å²) in [5, 5.41) is 20.9. The summed E-state index contributed by atoms with van der Waals surface area (Å²) in [6, 6.07) is 17.5. The quantitative estimate of drug-likeness (QED) is 0.394. The molecule has 1 saturated carbocycles. The van der Waals surface area contributed by atoms with Gasteiger partial charge < -0.3 is 10.2 Å². The first kappa shape index (κ1) is 21.6. The van der Waals surface area contributed by atoms with Gasteiger partial charge in [0.2, 0.25) is 0 Å². The molecule has 0 spiro atoms. The number of hydrogen-bond donors (Lipinski definition) is 2. The van der Waals surface area contributed by atoms with Gasteiger partial charge in [-0.25, -0.2) is 0 Å². The molecule has 4 rings (SSSR count). The highest BCUT2D eigenvalue weighted by molar-refractivity contribution is 6.37. The van der Waals surface area contributed by atoms with E-state index >= 15 is 0 Å². The topological polar surface area (TPSA) is 40.5 Å². The van der Waals surface area contributed by atoms with E-state index in [0.717, 1.165) is 36.8 Å². The van der Waals surface area contributed by atoms with Crippen molar-refractivity contribution in [2.75, 3.05) is 0 Å². The van der Waals surface area contributed by atoms with Crippen molar-refractivity contribution < 1.29 is 10.2 Å². The smallest absolute Gasteiger partial charge is 0.152 e. The Morgan fingerprint density at radius 1 is 0.667 bits per heavy atom. The lowest BCUT2D eigenvalue weighted by Crippen LogP contribution is -2.32. The molecule has 0 aromatic heterocycles. The maximum Gasteiger partial charge on any atom is 0.152 e. The predicted octanol–water partition coefficient (Wildman–Crippen LogP) is 8.36. The van der Waals surface area contributed by atoms with Crippen molar-refractivity contribution in [1.29, 1.82) is 0 Å². The number of halogens is 4. The van der Waals surface area contributed by atoms with Gasteiger partial charge in [0.05, 0.1) is 20.1 Å². The molecule has 1 aliphatic rings. The van der Waals surface area contributed by atoms with Crippen LogP contribution in [0.2, 0.25) is 20.1 Å². The molecule has 0 radical (unpaired) electrons. The van der Waals surface area contributed by atoms with Crippen LogP contribution in [0.5, 0.6) is 11.5 Å². The first-order chi connectivity index (χ1) is 14.3. The summed E-state index contributed by atoms with van der Waals surface area (Å²) in [5.74, 6) is 0.194. The van der Waals surface area contributed by atoms with Gasteiger partial charge in [-0.3, -0.25) is 0 Å². The van der Waals surface area contributed by atoms with Crippen LogP contribution in [0, 0.1) is 0 Å². The molecule has 30 heavy (non-hydrogen) atoms. The summed E-state index contributed by atoms with van der Waals surface area (Å²) in [4.78, 5) is 0. The third-order valence-electron chi connectivity index (χ3n) is 6.25. The minimum absolute atomic E-state index is 0.128. The van der Waals surface area contributed by atoms with E-state index in [1.165, 1.54) is 5.56 Å². The molecular formula is C24H20Cl4O2. The third-order valence-corrected chi connectivity index (χ3v) is 7.40. The molecule has 6 heteroatoms. The van der Waals surface area contributed by atoms with Gasteiger partial charge in [0.1, 0.15) is 0 Å². The van der Waals surface area contributed by atoms with Crippen molar-refractivity contribution in [2.45, 2.75) is 37.0 Å². The Kier molecular flexibility index (Phi) is 6.14. The van der Waals surface area contributed by atoms with Crippen molar-refractivity contribution in [2.24, 2.45) is 0 Å². The molecule has 2 nitrogen and oxygen atoms in total. The van der Waals surface area contributed by atoms with Crippen LogP contribution in [-0.2, 0) is 5.41 Å². The number of aromatic hydroxyl groups is 2. The monoisotopic (exact) mass is 480 g/mol. The first-order valence-electron chi connectivity index (χ1n) is 9.74. The summed E-state index contributed by atoms with van der Waals surface area (Å²) < 4.78 is 0. The van der Waals surface area contributed by atoms with Crippen LogP contribution in [0.3, 0.4) is 0 Å². The number of phenolic OH excluding ortho intramolecular Hbond substituents is 2. The van der Waals surface area contributed by atoms with Gasteiger partial charge in [-0.1, -0.05) is 76.7 Å². The Bertz CT molecular complexity index is 968. The second-order valence-corrected chi connectivity index (χ2v) is 9.47. The molecule has 0 amide bonds. The van der Waals surface area contributed by atoms with E-state index in [1.807, 2.05) is 6.07 Å². The van der Waals surface area contributed by atoms with Crippen LogP contribution in [0.15, 0.2) is 54.6 Å². The SMILES string of the molecule is Oc1c(Cl)cc(C2(c3cc(Cl)c(O)c(Cl)c3)CCC(c3ccccc3)CC2)cc1Cl. The van der Waals surface area contributed by atoms with Gasteiger partial charge in [0, 0.05) is 5.41 Å². The van der Waals surface area contributed by atoms with Gasteiger partial charge in [-0.15, -0.1) is 0 Å². The summed E-state index contributed by atoms with van der Waals surface area (Å²) in [5.41, 5.74) is 2.70. The lowest BCUT2D eigenvalue weighted by Gasteiger charge is -2.42. The fourth-order valence-corrected chi connectivity index (χ4v) is 5.57. The van der Waals surface area contributed by atoms with Crippen LogP contribution >= 0.6 is 46.4 Å². The summed E-state index contributed by atoms with van der Waals surface area (Å²) >= 11 is 25.1. The number of benzene rings is 3. The molecular weight excluding hydrogens is 462 g/mol. The molecule has 1 fully saturated rings. The summed E-state index contributed by atoms with van der Waals surface area (Å²) in [6.07, 6.45) is 3.55. The number of phenols is 2. The van der Waals surface area contributed by atoms with E-state index in [2.05, 4.69) is 24.3 Å². The minimum Gasteiger partial charge on any atom is -0.505 e. The molecule has 156 valence electrons. The lowest BCUT2D eigenvalue weighted by atomic mass is 9.62. The van der Waals surface area contributed by atoms with Crippen molar-refractivity contribution in [1.82, 2.24) is 0 Å². The van der Waals surface area contributed by atoms with Crippen molar-refractivity contribution in [3.63, 3.8) is 0 Å². The van der Waals surface area contributed by atoms with E-state index in [0.29, 0.717) is 5.92 Å². The van der Waals surface area contributed by atoms with Crippen molar-refractivity contribution in [3.8, 4) is 11.5 Å². The van der Waals surface area contributed by atoms with E-state index in [4.69, 9.17) is 46.4 Å². The molecule has 3 aromatic carbocycles. The van der Waals surface area contributed by atoms with Gasteiger partial charge in [-0.05, 0) is 72.6 Å². The number of hydrogen-bond acceptors (Lipinski definition) is 2. The van der Waals surface area contributed by atoms with Gasteiger partial charge in [-0.2, -0.15) is 0 Å². The third kappa shape index (κ3) is 3.87. The molecule has 0 atom stereocenters. The Hall–Kier alpha value is -1.58. The van der Waals surface area contributed by atoms with Gasteiger partial charge in [0.15, 0.2) is 11.5 Å². The molecule has 1 aliphatic carbocycles. The Morgan fingerprint density at radius 2 is 1.07 bits per heavy atom. The van der Waals surface area contributed by atoms with Crippen molar-refractivity contribution in [3.05, 3.63) is 91.4 Å². The highest BCUT2D eigenvalue weighted by Crippen LogP contribution is 2.52. The largest absolute Gasteiger partial charge is 0.505 e. The Morgan fingerprint density at radius 3 is 1.47 bits per heavy atom. The lowest BCUT2D eigenvalue weighted by molar-refractivity contribution is 0.314. The Labute approximate surface area is 196 Å². The van der Waals surface area contributed by atoms with Crippen molar-refractivity contribution >= 4 is 46.4 Å². The molecule has 0 unspecified atom stereocenters. The minimum atomic E-state index is -0.437. The molecule has 0 heterocycles. The summed E-state index contributed by atoms with van der Waals surface area (Å²) in [7, 11) is 0. The molecule has 0 saturated heterocycles. The fourth-order valence-electron chi connectivity index (χ4n) is 4.60. The van der Waals surface area contributed by atoms with E-state index < -0.39 is 5.41 Å². The van der Waals surface area contributed by atoms with E-state index in [-0.39, 0.29) is 31.6 Å². The molecule has 0 bridgehead atoms. The van der Waals surface area contributed by atoms with Crippen LogP contribution in [0.25, 0.3) is 0 Å². The standard InChI is InChI=1S/C24H20Cl4O2/c25-18-10-16(11-19(26)22(18)29)24(17-12-20(27)23(30)21(28)13-17)8-6-15(7-9-24)14-4-2-1-3-5-14/h1-5,10-13,15,29-30H,6-9H2. The maximum atomic E-state index is 10.1. The summed E-state index contributed by atoms with van der Waals surface area (Å²) in [6.45, 7) is 0. The fraction of sp³-hybridized carbons (Fsp3) is 0.250.